The van der Waals surface area contributed by atoms with Gasteiger partial charge in [-0.1, -0.05) is 0 Å². The van der Waals surface area contributed by atoms with Crippen LogP contribution in [0.5, 0.6) is 0 Å². The first-order chi connectivity index (χ1) is 11.2. The molecule has 11 heteroatoms. The predicted octanol–water partition coefficient (Wildman–Crippen LogP) is 3.10. The second-order valence-corrected chi connectivity index (χ2v) is 4.37. The number of alkyl halides is 2. The van der Waals surface area contributed by atoms with Gasteiger partial charge in [0.2, 0.25) is 5.96 Å². The van der Waals surface area contributed by atoms with Gasteiger partial charge in [0.25, 0.3) is 0 Å². The minimum absolute atomic E-state index is 0.194. The fourth-order valence-corrected chi connectivity index (χ4v) is 1.12. The molecule has 0 bridgehead atoms. The minimum Gasteiger partial charge on any atom is -0.351 e. The zero-order valence-corrected chi connectivity index (χ0v) is 14.8. The molecule has 2 N–H and O–H groups in total. The topological polar surface area (TPSA) is 112 Å². The minimum atomic E-state index is 0.194. The van der Waals surface area contributed by atoms with Gasteiger partial charge in [0.1, 0.15) is 17.6 Å². The first-order valence-electron chi connectivity index (χ1n) is 5.80. The van der Waals surface area contributed by atoms with Crippen molar-refractivity contribution in [2.45, 2.75) is 0 Å². The van der Waals surface area contributed by atoms with Crippen LogP contribution in [0, 0.1) is 15.6 Å². The van der Waals surface area contributed by atoms with Crippen molar-refractivity contribution in [1.82, 2.24) is 29.1 Å². The maximum absolute atomic E-state index is 7.65. The smallest absolute Gasteiger partial charge is 0.212 e. The third kappa shape index (κ3) is 10.2. The largest absolute Gasteiger partial charge is 0.351 e. The molecule has 0 saturated carbocycles. The fraction of sp³-hybridized carbons (Fsp3) is 0.0833. The molecule has 8 nitrogen and oxygen atoms in total. The summed E-state index contributed by atoms with van der Waals surface area (Å²) in [4.78, 5) is 15.7. The number of nitrogens with one attached hydrogen (secondary N) is 2. The van der Waals surface area contributed by atoms with Crippen molar-refractivity contribution in [2.24, 2.45) is 0 Å². The van der Waals surface area contributed by atoms with Crippen molar-refractivity contribution >= 4 is 45.1 Å². The van der Waals surface area contributed by atoms with Gasteiger partial charge in [0.15, 0.2) is 0 Å². The number of aromatic nitrogens is 6. The van der Waals surface area contributed by atoms with E-state index >= 15 is 0 Å². The van der Waals surface area contributed by atoms with Crippen LogP contribution >= 0.6 is 39.1 Å². The molecular weight excluding hydrogens is 407 g/mol. The summed E-state index contributed by atoms with van der Waals surface area (Å²) in [5, 5.41) is 15.1. The molecule has 3 aromatic rings. The number of imidazole rings is 3. The Morgan fingerprint density at radius 1 is 1.13 bits per heavy atom. The van der Waals surface area contributed by atoms with Gasteiger partial charge < -0.3 is 4.98 Å². The summed E-state index contributed by atoms with van der Waals surface area (Å²) >= 11 is 12.0. The first-order valence-corrected chi connectivity index (χ1v) is 7.67. The molecule has 0 fully saturated rings. The maximum atomic E-state index is 7.65. The Balaban J connectivity index is 0.000000365. The van der Waals surface area contributed by atoms with Gasteiger partial charge in [0, 0.05) is 53.1 Å². The molecule has 0 radical (unpaired) electrons. The lowest BCUT2D eigenvalue weighted by Crippen LogP contribution is -2.16. The highest BCUT2D eigenvalue weighted by Crippen LogP contribution is 1.90. The highest BCUT2D eigenvalue weighted by molar-refractivity contribution is 9.12. The van der Waals surface area contributed by atoms with Crippen LogP contribution in [-0.2, 0) is 0 Å². The van der Waals surface area contributed by atoms with E-state index in [0.717, 1.165) is 0 Å². The Morgan fingerprint density at radius 3 is 1.83 bits per heavy atom. The van der Waals surface area contributed by atoms with E-state index in [1.54, 1.807) is 70.3 Å². The molecule has 0 aromatic carbocycles. The van der Waals surface area contributed by atoms with E-state index < -0.39 is 0 Å². The molecule has 3 rings (SSSR count). The normalized spacial score (nSPS) is 8.09. The van der Waals surface area contributed by atoms with Crippen LogP contribution in [0.1, 0.15) is 0 Å². The number of H-pyrrole nitrogens is 1. The quantitative estimate of drug-likeness (QED) is 0.331. The van der Waals surface area contributed by atoms with Gasteiger partial charge in [-0.25, -0.2) is 15.0 Å². The molecule has 0 aliphatic carbocycles. The average molecular weight is 420 g/mol. The molecule has 3 heterocycles. The lowest BCUT2D eigenvalue weighted by molar-refractivity contribution is 0.971. The third-order valence-electron chi connectivity index (χ3n) is 1.90. The Hall–Kier alpha value is -2.15. The van der Waals surface area contributed by atoms with E-state index in [-0.39, 0.29) is 5.34 Å². The van der Waals surface area contributed by atoms with Crippen molar-refractivity contribution in [3.05, 3.63) is 56.2 Å². The summed E-state index contributed by atoms with van der Waals surface area (Å²) in [6, 6.07) is 0. The summed E-state index contributed by atoms with van der Waals surface area (Å²) in [5.41, 5.74) is 0. The molecule has 122 valence electrons. The monoisotopic (exact) mass is 418 g/mol. The maximum Gasteiger partial charge on any atom is 0.212 e. The van der Waals surface area contributed by atoms with Crippen LogP contribution in [0.15, 0.2) is 56.2 Å². The molecule has 3 aromatic heterocycles. The van der Waals surface area contributed by atoms with Crippen molar-refractivity contribution in [3.8, 4) is 4.98 Å². The van der Waals surface area contributed by atoms with Crippen molar-refractivity contribution in [2.75, 3.05) is 5.34 Å². The van der Waals surface area contributed by atoms with Crippen molar-refractivity contribution < 1.29 is 0 Å². The molecule has 0 spiro atoms. The van der Waals surface area contributed by atoms with Gasteiger partial charge in [-0.3, -0.25) is 14.5 Å². The Morgan fingerprint density at radius 2 is 1.61 bits per heavy atom. The predicted molar refractivity (Wildman–Crippen MR) is 92.7 cm³/mol. The van der Waals surface area contributed by atoms with Crippen LogP contribution in [0.2, 0.25) is 0 Å². The first kappa shape index (κ1) is 20.9. The summed E-state index contributed by atoms with van der Waals surface area (Å²) in [5.74, 6) is 0.310. The number of nitrogens with zero attached hydrogens (tertiary/aromatic N) is 6. The Labute approximate surface area is 151 Å². The summed E-state index contributed by atoms with van der Waals surface area (Å²) < 4.78 is 3.20. The van der Waals surface area contributed by atoms with Crippen LogP contribution in [0.25, 0.3) is 0 Å². The zero-order valence-electron chi connectivity index (χ0n) is 11.7. The van der Waals surface area contributed by atoms with E-state index in [4.69, 9.17) is 33.9 Å². The van der Waals surface area contributed by atoms with Gasteiger partial charge in [0.05, 0.1) is 11.7 Å². The molecule has 0 atom stereocenters. The Kier molecular flexibility index (Phi) is 13.4. The van der Waals surface area contributed by atoms with Gasteiger partial charge in [-0.15, -0.1) is 23.2 Å². The number of nitriles is 1. The van der Waals surface area contributed by atoms with Gasteiger partial charge >= 0.3 is 0 Å². The summed E-state index contributed by atoms with van der Waals surface area (Å²) in [6.07, 6.45) is 14.9. The van der Waals surface area contributed by atoms with Crippen LogP contribution < -0.4 is 0 Å². The molecular formula is C12H13BrCl2N8. The number of hydrogen-bond donors (Lipinski definition) is 2. The standard InChI is InChI=1S/C7H7N5.C3H4N2.CBrN.CH2Cl2/c8-7(11-3-1-9-5-11)12-4-2-10-6-12;1-2-5-3-4-1;2*2-1-3/h1-6,8H;1-3H,(H,4,5);;1H2. The molecule has 23 heavy (non-hydrogen) atoms. The number of aromatic amines is 1. The second-order valence-electron chi connectivity index (χ2n) is 3.21. The van der Waals surface area contributed by atoms with Crippen LogP contribution in [-0.4, -0.2) is 40.4 Å². The number of hydrogen-bond acceptors (Lipinski definition) is 5. The zero-order chi connectivity index (χ0) is 17.3. The van der Waals surface area contributed by atoms with Crippen LogP contribution in [0.4, 0.5) is 0 Å². The molecule has 0 unspecified atom stereocenters. The second kappa shape index (κ2) is 14.8. The SMILES string of the molecule is ClCCl.N#CBr.N=C(n1ccnc1)n1ccnc1.c1c[nH]cn1. The lowest BCUT2D eigenvalue weighted by atomic mass is 10.8. The fourth-order valence-electron chi connectivity index (χ4n) is 1.12. The van der Waals surface area contributed by atoms with Crippen molar-refractivity contribution in [3.63, 3.8) is 0 Å². The molecule has 0 saturated heterocycles. The van der Waals surface area contributed by atoms with E-state index in [9.17, 15) is 0 Å². The van der Waals surface area contributed by atoms with Gasteiger partial charge in [-0.05, 0) is 0 Å². The van der Waals surface area contributed by atoms with E-state index in [1.165, 1.54) is 0 Å². The molecule has 0 amide bonds. The number of rotatable bonds is 0. The Bertz CT molecular complexity index is 578. The third-order valence-corrected chi connectivity index (χ3v) is 1.90. The molecule has 0 aliphatic rings. The van der Waals surface area contributed by atoms with E-state index in [0.29, 0.717) is 5.96 Å². The summed E-state index contributed by atoms with van der Waals surface area (Å²) in [6.45, 7) is 0. The number of halogens is 3. The highest BCUT2D eigenvalue weighted by Gasteiger charge is 1.99. The highest BCUT2D eigenvalue weighted by atomic mass is 79.9. The van der Waals surface area contributed by atoms with Crippen LogP contribution in [0.3, 0.4) is 0 Å². The lowest BCUT2D eigenvalue weighted by Gasteiger charge is -2.02. The molecule has 0 aliphatic heterocycles. The summed E-state index contributed by atoms with van der Waals surface area (Å²) in [7, 11) is 0. The average Bonchev–Trinajstić information content (AvgIpc) is 3.33. The van der Waals surface area contributed by atoms with E-state index in [1.807, 2.05) is 0 Å². The van der Waals surface area contributed by atoms with Gasteiger partial charge in [-0.2, -0.15) is 5.26 Å². The van der Waals surface area contributed by atoms with E-state index in [2.05, 4.69) is 35.9 Å². The van der Waals surface area contributed by atoms with Crippen molar-refractivity contribution in [1.29, 1.82) is 10.7 Å².